The third kappa shape index (κ3) is 2.71. The second kappa shape index (κ2) is 5.64. The number of carbonyl (C=O) groups is 1. The summed E-state index contributed by atoms with van der Waals surface area (Å²) in [6.45, 7) is 2.98. The molecule has 2 N–H and O–H groups in total. The third-order valence-corrected chi connectivity index (χ3v) is 5.21. The largest absolute Gasteiger partial charge is 0.478 e. The van der Waals surface area contributed by atoms with Gasteiger partial charge in [-0.15, -0.1) is 0 Å². The van der Waals surface area contributed by atoms with E-state index in [-0.39, 0.29) is 27.6 Å². The first-order valence-corrected chi connectivity index (χ1v) is 8.49. The van der Waals surface area contributed by atoms with Gasteiger partial charge in [0.2, 0.25) is 0 Å². The van der Waals surface area contributed by atoms with Gasteiger partial charge in [-0.05, 0) is 36.8 Å². The molecule has 2 aromatic carbocycles. The highest BCUT2D eigenvalue weighted by atomic mass is 32.2. The third-order valence-electron chi connectivity index (χ3n) is 3.60. The normalized spacial score (nSPS) is 11.6. The minimum atomic E-state index is -4.03. The topological polar surface area (TPSA) is 110 Å². The quantitative estimate of drug-likeness (QED) is 0.751. The molecule has 0 unspecified atom stereocenters. The molecular formula is C16H14N2O5S. The second-order valence-corrected chi connectivity index (χ2v) is 6.93. The molecule has 0 radical (unpaired) electrons. The van der Waals surface area contributed by atoms with E-state index in [4.69, 9.17) is 4.52 Å². The van der Waals surface area contributed by atoms with Crippen molar-refractivity contribution in [2.24, 2.45) is 0 Å². The maximum atomic E-state index is 12.6. The Morgan fingerprint density at radius 2 is 1.79 bits per heavy atom. The molecule has 0 saturated heterocycles. The van der Waals surface area contributed by atoms with E-state index in [1.807, 2.05) is 0 Å². The Morgan fingerprint density at radius 1 is 1.17 bits per heavy atom. The Balaban J connectivity index is 2.15. The van der Waals surface area contributed by atoms with Crippen LogP contribution in [-0.4, -0.2) is 24.7 Å². The van der Waals surface area contributed by atoms with E-state index in [1.165, 1.54) is 26.0 Å². The van der Waals surface area contributed by atoms with Crippen molar-refractivity contribution in [3.8, 4) is 0 Å². The Bertz CT molecular complexity index is 1030. The summed E-state index contributed by atoms with van der Waals surface area (Å²) in [6, 6.07) is 10.0. The number of carboxylic acids is 1. The average molecular weight is 346 g/mol. The molecule has 3 rings (SSSR count). The van der Waals surface area contributed by atoms with Gasteiger partial charge in [0, 0.05) is 0 Å². The maximum Gasteiger partial charge on any atom is 0.337 e. The van der Waals surface area contributed by atoms with Crippen LogP contribution >= 0.6 is 0 Å². The lowest BCUT2D eigenvalue weighted by Gasteiger charge is -2.12. The number of aromatic nitrogens is 1. The van der Waals surface area contributed by atoms with E-state index in [1.54, 1.807) is 24.3 Å². The summed E-state index contributed by atoms with van der Waals surface area (Å²) in [4.78, 5) is 11.4. The zero-order valence-electron chi connectivity index (χ0n) is 12.9. The van der Waals surface area contributed by atoms with Gasteiger partial charge in [-0.1, -0.05) is 29.4 Å². The number of nitrogens with zero attached hydrogens (tertiary/aromatic N) is 1. The number of nitrogens with one attached hydrogen (secondary N) is 1. The molecule has 0 bridgehead atoms. The number of anilines is 1. The average Bonchev–Trinajstić information content (AvgIpc) is 2.85. The minimum absolute atomic E-state index is 0.0128. The first-order valence-electron chi connectivity index (χ1n) is 7.01. The molecule has 1 heterocycles. The zero-order chi connectivity index (χ0) is 17.5. The van der Waals surface area contributed by atoms with Crippen molar-refractivity contribution in [1.29, 1.82) is 0 Å². The minimum Gasteiger partial charge on any atom is -0.478 e. The summed E-state index contributed by atoms with van der Waals surface area (Å²) >= 11 is 0. The molecule has 8 heteroatoms. The molecule has 7 nitrogen and oxygen atoms in total. The zero-order valence-corrected chi connectivity index (χ0v) is 13.7. The van der Waals surface area contributed by atoms with Crippen molar-refractivity contribution in [2.45, 2.75) is 18.7 Å². The monoisotopic (exact) mass is 346 g/mol. The smallest absolute Gasteiger partial charge is 0.337 e. The van der Waals surface area contributed by atoms with Gasteiger partial charge in [-0.2, -0.15) is 0 Å². The highest BCUT2D eigenvalue weighted by molar-refractivity contribution is 7.92. The van der Waals surface area contributed by atoms with Crippen LogP contribution in [0.4, 0.5) is 5.69 Å². The number of aryl methyl sites for hydroxylation is 2. The lowest BCUT2D eigenvalue weighted by Crippen LogP contribution is -2.17. The number of hydrogen-bond donors (Lipinski definition) is 2. The van der Waals surface area contributed by atoms with Crippen LogP contribution in [-0.2, 0) is 10.0 Å². The first kappa shape index (κ1) is 16.0. The molecule has 0 atom stereocenters. The van der Waals surface area contributed by atoms with Crippen LogP contribution in [0.1, 0.15) is 21.8 Å². The van der Waals surface area contributed by atoms with Crippen molar-refractivity contribution in [1.82, 2.24) is 5.16 Å². The van der Waals surface area contributed by atoms with E-state index in [2.05, 4.69) is 9.88 Å². The molecule has 0 saturated carbocycles. The van der Waals surface area contributed by atoms with Crippen LogP contribution in [0.15, 0.2) is 45.8 Å². The fourth-order valence-corrected chi connectivity index (χ4v) is 3.96. The summed E-state index contributed by atoms with van der Waals surface area (Å²) in [5.41, 5.74) is 0.0582. The molecule has 24 heavy (non-hydrogen) atoms. The Hall–Kier alpha value is -2.87. The van der Waals surface area contributed by atoms with Gasteiger partial charge in [-0.25, -0.2) is 13.2 Å². The Kier molecular flexibility index (Phi) is 3.76. The summed E-state index contributed by atoms with van der Waals surface area (Å²) in [5.74, 6) is -1.09. The van der Waals surface area contributed by atoms with Crippen LogP contribution < -0.4 is 4.72 Å². The number of sulfonamides is 1. The first-order chi connectivity index (χ1) is 11.3. The summed E-state index contributed by atoms with van der Waals surface area (Å²) in [7, 11) is -4.03. The highest BCUT2D eigenvalue weighted by Gasteiger charge is 2.26. The number of carboxylic acid groups (broad SMARTS) is 1. The van der Waals surface area contributed by atoms with Crippen molar-refractivity contribution in [3.05, 3.63) is 53.4 Å². The van der Waals surface area contributed by atoms with E-state index < -0.39 is 16.0 Å². The van der Waals surface area contributed by atoms with Crippen LogP contribution in [0.5, 0.6) is 0 Å². The van der Waals surface area contributed by atoms with Crippen LogP contribution in [0.2, 0.25) is 0 Å². The van der Waals surface area contributed by atoms with Crippen LogP contribution in [0, 0.1) is 13.8 Å². The van der Waals surface area contributed by atoms with Gasteiger partial charge >= 0.3 is 5.97 Å². The van der Waals surface area contributed by atoms with Gasteiger partial charge in [0.1, 0.15) is 5.69 Å². The van der Waals surface area contributed by atoms with Crippen molar-refractivity contribution < 1.29 is 22.8 Å². The molecular weight excluding hydrogens is 332 g/mol. The molecule has 0 spiro atoms. The van der Waals surface area contributed by atoms with Gasteiger partial charge < -0.3 is 9.63 Å². The summed E-state index contributed by atoms with van der Waals surface area (Å²) in [5, 5.41) is 14.4. The van der Waals surface area contributed by atoms with Gasteiger partial charge in [0.25, 0.3) is 10.0 Å². The Morgan fingerprint density at radius 3 is 2.33 bits per heavy atom. The van der Waals surface area contributed by atoms with Crippen molar-refractivity contribution in [2.75, 3.05) is 4.72 Å². The van der Waals surface area contributed by atoms with E-state index >= 15 is 0 Å². The van der Waals surface area contributed by atoms with E-state index in [0.29, 0.717) is 5.39 Å². The molecule has 0 fully saturated rings. The number of aromatic carboxylic acids is 1. The van der Waals surface area contributed by atoms with Gasteiger partial charge in [0.15, 0.2) is 10.7 Å². The van der Waals surface area contributed by atoms with Crippen molar-refractivity contribution in [3.63, 3.8) is 0 Å². The van der Waals surface area contributed by atoms with Crippen LogP contribution in [0.25, 0.3) is 10.8 Å². The standard InChI is InChI=1S/C16H14N2O5S/c1-9-15(10(2)23-17-9)24(21,22)18-14-8-12-6-4-3-5-11(12)7-13(14)16(19)20/h3-8,18H,1-2H3,(H,19,20). The summed E-state index contributed by atoms with van der Waals surface area (Å²) < 4.78 is 32.4. The van der Waals surface area contributed by atoms with Gasteiger partial charge in [-0.3, -0.25) is 4.72 Å². The maximum absolute atomic E-state index is 12.6. The lowest BCUT2D eigenvalue weighted by molar-refractivity contribution is 0.0698. The molecule has 0 aliphatic carbocycles. The lowest BCUT2D eigenvalue weighted by atomic mass is 10.1. The number of hydrogen-bond acceptors (Lipinski definition) is 5. The summed E-state index contributed by atoms with van der Waals surface area (Å²) in [6.07, 6.45) is 0. The van der Waals surface area contributed by atoms with E-state index in [0.717, 1.165) is 5.39 Å². The molecule has 0 amide bonds. The highest BCUT2D eigenvalue weighted by Crippen LogP contribution is 2.28. The molecule has 3 aromatic rings. The van der Waals surface area contributed by atoms with Crippen LogP contribution in [0.3, 0.4) is 0 Å². The van der Waals surface area contributed by atoms with Crippen molar-refractivity contribution >= 4 is 32.5 Å². The molecule has 1 aromatic heterocycles. The van der Waals surface area contributed by atoms with Gasteiger partial charge in [0.05, 0.1) is 11.3 Å². The SMILES string of the molecule is Cc1noc(C)c1S(=O)(=O)Nc1cc2ccccc2cc1C(=O)O. The number of fused-ring (bicyclic) bond motifs is 1. The Labute approximate surface area is 137 Å². The predicted octanol–water partition coefficient (Wildman–Crippen LogP) is 2.94. The fourth-order valence-electron chi connectivity index (χ4n) is 2.56. The molecule has 124 valence electrons. The molecule has 0 aliphatic heterocycles. The molecule has 0 aliphatic rings. The predicted molar refractivity (Wildman–Crippen MR) is 87.7 cm³/mol. The fraction of sp³-hybridized carbons (Fsp3) is 0.125. The second-order valence-electron chi connectivity index (χ2n) is 5.31. The number of rotatable bonds is 4. The van der Waals surface area contributed by atoms with E-state index in [9.17, 15) is 18.3 Å². The number of benzene rings is 2.